The van der Waals surface area contributed by atoms with Crippen LogP contribution in [0.3, 0.4) is 0 Å². The highest BCUT2D eigenvalue weighted by Gasteiger charge is 2.44. The quantitative estimate of drug-likeness (QED) is 0.218. The molecule has 46 heavy (non-hydrogen) atoms. The van der Waals surface area contributed by atoms with Gasteiger partial charge < -0.3 is 31.5 Å². The Hall–Kier alpha value is -3.22. The van der Waals surface area contributed by atoms with Gasteiger partial charge in [-0.15, -0.1) is 0 Å². The van der Waals surface area contributed by atoms with Crippen LogP contribution in [0.1, 0.15) is 62.8 Å². The molecule has 12 heteroatoms. The van der Waals surface area contributed by atoms with Gasteiger partial charge in [0, 0.05) is 17.2 Å². The number of rotatable bonds is 7. The van der Waals surface area contributed by atoms with E-state index in [4.69, 9.17) is 10.5 Å². The number of carbonyl (C=O) groups is 4. The second-order valence-electron chi connectivity index (χ2n) is 13.0. The van der Waals surface area contributed by atoms with Crippen LogP contribution in [0.2, 0.25) is 0 Å². The van der Waals surface area contributed by atoms with E-state index in [2.05, 4.69) is 16.0 Å². The molecule has 4 atom stereocenters. The van der Waals surface area contributed by atoms with Gasteiger partial charge in [0.05, 0.1) is 17.9 Å². The zero-order valence-corrected chi connectivity index (χ0v) is 29.4. The summed E-state index contributed by atoms with van der Waals surface area (Å²) in [6, 6.07) is 10.1. The maximum absolute atomic E-state index is 13.7. The fraction of sp³-hybridized carbons (Fsp3) is 0.529. The molecule has 2 aromatic rings. The third-order valence-corrected chi connectivity index (χ3v) is 12.5. The lowest BCUT2D eigenvalue weighted by molar-refractivity contribution is -0.146. The molecule has 252 valence electrons. The van der Waals surface area contributed by atoms with Crippen molar-refractivity contribution < 1.29 is 29.0 Å². The number of carbonyl (C=O) groups excluding carboxylic acids is 4. The van der Waals surface area contributed by atoms with Crippen LogP contribution in [0.15, 0.2) is 42.5 Å². The number of phenolic OH excluding ortho intramolecular Hbond substituents is 1. The first kappa shape index (κ1) is 37.2. The Kier molecular flexibility index (Phi) is 13.0. The lowest BCUT2D eigenvalue weighted by atomic mass is 9.92. The third-order valence-electron chi connectivity index (χ3n) is 8.30. The van der Waals surface area contributed by atoms with Gasteiger partial charge in [-0.05, 0) is 102 Å². The van der Waals surface area contributed by atoms with E-state index in [9.17, 15) is 24.3 Å². The average Bonchev–Trinajstić information content (AvgIpc) is 3.00. The van der Waals surface area contributed by atoms with Gasteiger partial charge in [0.1, 0.15) is 17.8 Å². The highest BCUT2D eigenvalue weighted by molar-refractivity contribution is 8.77. The molecule has 6 N–H and O–H groups in total. The highest BCUT2D eigenvalue weighted by Crippen LogP contribution is 2.47. The summed E-state index contributed by atoms with van der Waals surface area (Å²) in [4.78, 5) is 53.9. The summed E-state index contributed by atoms with van der Waals surface area (Å²) >= 11 is 0. The predicted molar refractivity (Wildman–Crippen MR) is 184 cm³/mol. The van der Waals surface area contributed by atoms with Crippen molar-refractivity contribution in [2.45, 2.75) is 94.8 Å². The van der Waals surface area contributed by atoms with Gasteiger partial charge >= 0.3 is 5.97 Å². The topological polar surface area (TPSA) is 160 Å². The lowest BCUT2D eigenvalue weighted by Crippen LogP contribution is -2.60. The molecule has 3 rings (SSSR count). The molecule has 1 fully saturated rings. The number of hydrogen-bond donors (Lipinski definition) is 5. The predicted octanol–water partition coefficient (Wildman–Crippen LogP) is 3.73. The van der Waals surface area contributed by atoms with Crippen molar-refractivity contribution >= 4 is 45.3 Å². The van der Waals surface area contributed by atoms with Crippen LogP contribution >= 0.6 is 21.6 Å². The second-order valence-corrected chi connectivity index (χ2v) is 16.4. The van der Waals surface area contributed by atoms with Gasteiger partial charge in [0.2, 0.25) is 17.7 Å². The van der Waals surface area contributed by atoms with Gasteiger partial charge in [-0.2, -0.15) is 0 Å². The summed E-state index contributed by atoms with van der Waals surface area (Å²) in [6.07, 6.45) is 1.68. The standard InChI is InChI=1S/C34H48N4O6S2/c1-20-16-24(39)17-21(2)25(20)19-26(35)30(41)37-27-31(42)36-15-11-14-23(18-22-12-9-8-10-13-22)29(40)38-28(32(43)44-7)34(5,6)46-45-33(27,3)4/h8-10,12-13,16-17,23,26-28,39H,11,14-15,18-19,35H2,1-7H3,(H,36,42)(H,37,41)(H,38,40)/t23?,26-,27+,28+/m0/s1. The number of esters is 1. The molecular weight excluding hydrogens is 625 g/mol. The fourth-order valence-electron chi connectivity index (χ4n) is 5.50. The number of methoxy groups -OCH3 is 1. The molecule has 3 amide bonds. The highest BCUT2D eigenvalue weighted by atomic mass is 33.1. The minimum absolute atomic E-state index is 0.146. The first-order valence-corrected chi connectivity index (χ1v) is 17.6. The van der Waals surface area contributed by atoms with Crippen molar-refractivity contribution in [1.82, 2.24) is 16.0 Å². The van der Waals surface area contributed by atoms with Gasteiger partial charge in [-0.25, -0.2) is 4.79 Å². The average molecular weight is 673 g/mol. The van der Waals surface area contributed by atoms with Crippen molar-refractivity contribution in [3.63, 3.8) is 0 Å². The largest absolute Gasteiger partial charge is 0.508 e. The van der Waals surface area contributed by atoms with Crippen molar-refractivity contribution in [3.8, 4) is 5.75 Å². The Labute approximate surface area is 280 Å². The number of aromatic hydroxyl groups is 1. The van der Waals surface area contributed by atoms with Crippen molar-refractivity contribution in [1.29, 1.82) is 0 Å². The van der Waals surface area contributed by atoms with Crippen LogP contribution in [0.5, 0.6) is 5.75 Å². The molecule has 10 nitrogen and oxygen atoms in total. The van der Waals surface area contributed by atoms with E-state index in [-0.39, 0.29) is 24.0 Å². The maximum Gasteiger partial charge on any atom is 0.329 e. The van der Waals surface area contributed by atoms with Crippen LogP contribution in [-0.4, -0.2) is 70.1 Å². The summed E-state index contributed by atoms with van der Waals surface area (Å²) in [5.74, 6) is -1.96. The minimum Gasteiger partial charge on any atom is -0.508 e. The lowest BCUT2D eigenvalue weighted by Gasteiger charge is -2.38. The fourth-order valence-corrected chi connectivity index (χ4v) is 8.31. The first-order valence-electron chi connectivity index (χ1n) is 15.5. The molecule has 1 aliphatic heterocycles. The zero-order chi connectivity index (χ0) is 34.2. The molecule has 2 aromatic carbocycles. The number of phenols is 1. The Morgan fingerprint density at radius 3 is 2.26 bits per heavy atom. The van der Waals surface area contributed by atoms with Crippen LogP contribution in [-0.2, 0) is 36.8 Å². The summed E-state index contributed by atoms with van der Waals surface area (Å²) in [5.41, 5.74) is 9.88. The summed E-state index contributed by atoms with van der Waals surface area (Å²) < 4.78 is 3.39. The smallest absolute Gasteiger partial charge is 0.329 e. The SMILES string of the molecule is COC(=O)[C@H]1NC(=O)C(Cc2ccccc2)CCCNC(=O)[C@@H](NC(=O)[C@@H](N)Cc2c(C)cc(O)cc2C)C(C)(C)SSC1(C)C. The molecule has 1 aliphatic rings. The Morgan fingerprint density at radius 2 is 1.65 bits per heavy atom. The third kappa shape index (κ3) is 9.89. The number of ether oxygens (including phenoxy) is 1. The number of nitrogens with two attached hydrogens (primary N) is 1. The van der Waals surface area contributed by atoms with Crippen molar-refractivity contribution in [2.24, 2.45) is 11.7 Å². The molecule has 0 bridgehead atoms. The van der Waals surface area contributed by atoms with E-state index < -0.39 is 45.4 Å². The molecule has 0 aromatic heterocycles. The Bertz CT molecular complexity index is 1380. The molecule has 1 saturated heterocycles. The molecule has 1 unspecified atom stereocenters. The van der Waals surface area contributed by atoms with Crippen LogP contribution < -0.4 is 21.7 Å². The molecule has 0 aliphatic carbocycles. The number of hydrogen-bond acceptors (Lipinski definition) is 9. The summed E-state index contributed by atoms with van der Waals surface area (Å²) in [6.45, 7) is 11.4. The van der Waals surface area contributed by atoms with Gasteiger partial charge in [0.25, 0.3) is 0 Å². The van der Waals surface area contributed by atoms with Crippen LogP contribution in [0.4, 0.5) is 0 Å². The van der Waals surface area contributed by atoms with Gasteiger partial charge in [0.15, 0.2) is 0 Å². The molecule has 0 saturated carbocycles. The Morgan fingerprint density at radius 1 is 1.04 bits per heavy atom. The minimum atomic E-state index is -0.966. The number of nitrogens with one attached hydrogen (secondary N) is 3. The van der Waals surface area contributed by atoms with E-state index in [1.165, 1.54) is 28.7 Å². The van der Waals surface area contributed by atoms with E-state index in [1.54, 1.807) is 12.1 Å². The molecule has 0 spiro atoms. The van der Waals surface area contributed by atoms with Crippen molar-refractivity contribution in [3.05, 3.63) is 64.7 Å². The molecule has 1 heterocycles. The van der Waals surface area contributed by atoms with E-state index in [1.807, 2.05) is 71.9 Å². The number of benzene rings is 2. The van der Waals surface area contributed by atoms with Crippen molar-refractivity contribution in [2.75, 3.05) is 13.7 Å². The van der Waals surface area contributed by atoms with Crippen LogP contribution in [0.25, 0.3) is 0 Å². The van der Waals surface area contributed by atoms with E-state index >= 15 is 0 Å². The number of aryl methyl sites for hydroxylation is 2. The first-order chi connectivity index (χ1) is 21.6. The van der Waals surface area contributed by atoms with Gasteiger partial charge in [-0.1, -0.05) is 51.9 Å². The van der Waals surface area contributed by atoms with E-state index in [0.29, 0.717) is 25.8 Å². The maximum atomic E-state index is 13.7. The number of amides is 3. The second kappa shape index (κ2) is 16.1. The van der Waals surface area contributed by atoms with Crippen LogP contribution in [0, 0.1) is 19.8 Å². The Balaban J connectivity index is 1.88. The van der Waals surface area contributed by atoms with E-state index in [0.717, 1.165) is 22.3 Å². The normalized spacial score (nSPS) is 22.8. The summed E-state index contributed by atoms with van der Waals surface area (Å²) in [7, 11) is 3.96. The molecule has 0 radical (unpaired) electrons. The summed E-state index contributed by atoms with van der Waals surface area (Å²) in [5, 5.41) is 18.8. The monoisotopic (exact) mass is 672 g/mol. The molecular formula is C34H48N4O6S2. The zero-order valence-electron chi connectivity index (χ0n) is 27.8. The van der Waals surface area contributed by atoms with Gasteiger partial charge in [-0.3, -0.25) is 14.4 Å².